The number of nitro groups is 1. The van der Waals surface area contributed by atoms with E-state index < -0.39 is 4.92 Å². The summed E-state index contributed by atoms with van der Waals surface area (Å²) in [5.41, 5.74) is 0.583. The summed E-state index contributed by atoms with van der Waals surface area (Å²) in [6.07, 6.45) is 2.64. The largest absolute Gasteiger partial charge is 0.352 e. The van der Waals surface area contributed by atoms with Gasteiger partial charge in [0.1, 0.15) is 0 Å². The fourth-order valence-corrected chi connectivity index (χ4v) is 2.46. The molecule has 2 rings (SSSR count). The van der Waals surface area contributed by atoms with Gasteiger partial charge in [0.05, 0.1) is 4.92 Å². The molecule has 0 aromatic heterocycles. The topological polar surface area (TPSA) is 84.3 Å². The lowest BCUT2D eigenvalue weighted by Gasteiger charge is -2.22. The molecule has 0 aliphatic carbocycles. The van der Waals surface area contributed by atoms with Crippen LogP contribution < -0.4 is 10.6 Å². The molecule has 1 saturated heterocycles. The van der Waals surface area contributed by atoms with E-state index in [4.69, 9.17) is 0 Å². The average Bonchev–Trinajstić information content (AvgIpc) is 2.46. The van der Waals surface area contributed by atoms with Gasteiger partial charge in [0.15, 0.2) is 0 Å². The van der Waals surface area contributed by atoms with Crippen LogP contribution >= 0.6 is 0 Å². The Hall–Kier alpha value is -1.95. The van der Waals surface area contributed by atoms with E-state index in [1.807, 2.05) is 0 Å². The number of amides is 1. The van der Waals surface area contributed by atoms with Gasteiger partial charge in [-0.25, -0.2) is 0 Å². The van der Waals surface area contributed by atoms with Crippen LogP contribution in [0, 0.1) is 16.0 Å². The molecule has 1 aromatic rings. The minimum atomic E-state index is -0.424. The van der Waals surface area contributed by atoms with Gasteiger partial charge in [-0.3, -0.25) is 14.9 Å². The van der Waals surface area contributed by atoms with Gasteiger partial charge in [-0.1, -0.05) is 18.2 Å². The quantitative estimate of drug-likeness (QED) is 0.632. The summed E-state index contributed by atoms with van der Waals surface area (Å²) in [5.74, 6) is 0.325. The number of para-hydroxylation sites is 1. The summed E-state index contributed by atoms with van der Waals surface area (Å²) in [6, 6.07) is 6.48. The van der Waals surface area contributed by atoms with Crippen molar-refractivity contribution in [1.82, 2.24) is 10.6 Å². The number of rotatable bonds is 5. The van der Waals surface area contributed by atoms with Gasteiger partial charge in [0, 0.05) is 24.6 Å². The molecule has 1 aliphatic heterocycles. The number of nitro benzene ring substituents is 1. The Balaban J connectivity index is 1.85. The molecule has 6 heteroatoms. The average molecular weight is 277 g/mol. The van der Waals surface area contributed by atoms with E-state index in [-0.39, 0.29) is 18.1 Å². The van der Waals surface area contributed by atoms with Crippen molar-refractivity contribution < 1.29 is 9.72 Å². The Morgan fingerprint density at radius 2 is 2.25 bits per heavy atom. The maximum absolute atomic E-state index is 11.9. The first-order chi connectivity index (χ1) is 9.66. The molecule has 1 heterocycles. The molecule has 108 valence electrons. The van der Waals surface area contributed by atoms with Gasteiger partial charge >= 0.3 is 0 Å². The van der Waals surface area contributed by atoms with Crippen LogP contribution in [0.1, 0.15) is 24.8 Å². The number of carbonyl (C=O) groups is 1. The van der Waals surface area contributed by atoms with Crippen LogP contribution in [0.15, 0.2) is 24.3 Å². The van der Waals surface area contributed by atoms with Crippen LogP contribution in [-0.4, -0.2) is 23.9 Å². The molecule has 0 spiro atoms. The van der Waals surface area contributed by atoms with Crippen molar-refractivity contribution in [2.45, 2.75) is 25.8 Å². The number of piperidine rings is 1. The summed E-state index contributed by atoms with van der Waals surface area (Å²) in [5, 5.41) is 16.9. The van der Waals surface area contributed by atoms with Crippen molar-refractivity contribution in [1.29, 1.82) is 0 Å². The van der Waals surface area contributed by atoms with Crippen LogP contribution in [-0.2, 0) is 11.3 Å². The molecule has 0 bridgehead atoms. The zero-order chi connectivity index (χ0) is 14.4. The lowest BCUT2D eigenvalue weighted by Crippen LogP contribution is -2.34. The molecule has 1 unspecified atom stereocenters. The molecule has 0 radical (unpaired) electrons. The summed E-state index contributed by atoms with van der Waals surface area (Å²) in [7, 11) is 0. The number of hydrogen-bond donors (Lipinski definition) is 2. The van der Waals surface area contributed by atoms with Crippen molar-refractivity contribution in [3.8, 4) is 0 Å². The lowest BCUT2D eigenvalue weighted by atomic mass is 9.96. The van der Waals surface area contributed by atoms with Crippen LogP contribution in [0.5, 0.6) is 0 Å². The first-order valence-electron chi connectivity index (χ1n) is 6.86. The second-order valence-corrected chi connectivity index (χ2v) is 5.08. The zero-order valence-electron chi connectivity index (χ0n) is 11.3. The molecule has 2 N–H and O–H groups in total. The zero-order valence-corrected chi connectivity index (χ0v) is 11.3. The van der Waals surface area contributed by atoms with Crippen molar-refractivity contribution in [2.24, 2.45) is 5.92 Å². The van der Waals surface area contributed by atoms with Crippen LogP contribution in [0.4, 0.5) is 5.69 Å². The number of hydrogen-bond acceptors (Lipinski definition) is 4. The first-order valence-corrected chi connectivity index (χ1v) is 6.86. The third-order valence-electron chi connectivity index (χ3n) is 3.54. The molecule has 0 saturated carbocycles. The Morgan fingerprint density at radius 3 is 2.95 bits per heavy atom. The molecule has 1 aliphatic rings. The van der Waals surface area contributed by atoms with E-state index in [0.717, 1.165) is 25.9 Å². The maximum atomic E-state index is 11.9. The van der Waals surface area contributed by atoms with Crippen molar-refractivity contribution in [3.05, 3.63) is 39.9 Å². The Kier molecular flexibility index (Phi) is 5.06. The Labute approximate surface area is 117 Å². The predicted molar refractivity (Wildman–Crippen MR) is 75.2 cm³/mol. The Morgan fingerprint density at radius 1 is 1.45 bits per heavy atom. The standard InChI is InChI=1S/C14H19N3O3/c18-14(8-11-4-3-7-15-9-11)16-10-12-5-1-2-6-13(12)17(19)20/h1-2,5-6,11,15H,3-4,7-10H2,(H,16,18). The van der Waals surface area contributed by atoms with E-state index >= 15 is 0 Å². The molecule has 1 atom stereocenters. The number of benzene rings is 1. The molecular weight excluding hydrogens is 258 g/mol. The van der Waals surface area contributed by atoms with Crippen LogP contribution in [0.3, 0.4) is 0 Å². The van der Waals surface area contributed by atoms with Crippen LogP contribution in [0.2, 0.25) is 0 Å². The predicted octanol–water partition coefficient (Wildman–Crippen LogP) is 1.60. The van der Waals surface area contributed by atoms with Crippen LogP contribution in [0.25, 0.3) is 0 Å². The Bertz CT molecular complexity index is 484. The molecule has 1 aromatic carbocycles. The highest BCUT2D eigenvalue weighted by Crippen LogP contribution is 2.18. The fourth-order valence-electron chi connectivity index (χ4n) is 2.46. The van der Waals surface area contributed by atoms with Gasteiger partial charge in [-0.05, 0) is 31.8 Å². The van der Waals surface area contributed by atoms with Gasteiger partial charge in [-0.2, -0.15) is 0 Å². The molecule has 1 fully saturated rings. The van der Waals surface area contributed by atoms with E-state index in [9.17, 15) is 14.9 Å². The van der Waals surface area contributed by atoms with E-state index in [2.05, 4.69) is 10.6 Å². The maximum Gasteiger partial charge on any atom is 0.274 e. The normalized spacial score (nSPS) is 18.5. The van der Waals surface area contributed by atoms with E-state index in [1.165, 1.54) is 6.07 Å². The number of carbonyl (C=O) groups excluding carboxylic acids is 1. The third-order valence-corrected chi connectivity index (χ3v) is 3.54. The fraction of sp³-hybridized carbons (Fsp3) is 0.500. The van der Waals surface area contributed by atoms with Gasteiger partial charge in [0.2, 0.25) is 5.91 Å². The summed E-state index contributed by atoms with van der Waals surface area (Å²) in [6.45, 7) is 2.10. The van der Waals surface area contributed by atoms with Gasteiger partial charge in [-0.15, -0.1) is 0 Å². The van der Waals surface area contributed by atoms with Crippen molar-refractivity contribution in [3.63, 3.8) is 0 Å². The second-order valence-electron chi connectivity index (χ2n) is 5.08. The van der Waals surface area contributed by atoms with Gasteiger partial charge in [0.25, 0.3) is 5.69 Å². The van der Waals surface area contributed by atoms with E-state index in [1.54, 1.807) is 18.2 Å². The minimum Gasteiger partial charge on any atom is -0.352 e. The monoisotopic (exact) mass is 277 g/mol. The second kappa shape index (κ2) is 7.00. The summed E-state index contributed by atoms with van der Waals surface area (Å²) >= 11 is 0. The lowest BCUT2D eigenvalue weighted by molar-refractivity contribution is -0.385. The van der Waals surface area contributed by atoms with Gasteiger partial charge < -0.3 is 10.6 Å². The SMILES string of the molecule is O=C(CC1CCCNC1)NCc1ccccc1[N+](=O)[O-]. The molecule has 6 nitrogen and oxygen atoms in total. The first kappa shape index (κ1) is 14.5. The highest BCUT2D eigenvalue weighted by atomic mass is 16.6. The van der Waals surface area contributed by atoms with E-state index in [0.29, 0.717) is 17.9 Å². The minimum absolute atomic E-state index is 0.0446. The third kappa shape index (κ3) is 4.03. The van der Waals surface area contributed by atoms with Crippen molar-refractivity contribution in [2.75, 3.05) is 13.1 Å². The highest BCUT2D eigenvalue weighted by molar-refractivity contribution is 5.76. The number of nitrogens with one attached hydrogen (secondary N) is 2. The smallest absolute Gasteiger partial charge is 0.274 e. The molecule has 20 heavy (non-hydrogen) atoms. The molecule has 1 amide bonds. The molecular formula is C14H19N3O3. The summed E-state index contributed by atoms with van der Waals surface area (Å²) < 4.78 is 0. The highest BCUT2D eigenvalue weighted by Gasteiger charge is 2.17. The van der Waals surface area contributed by atoms with Crippen molar-refractivity contribution >= 4 is 11.6 Å². The summed E-state index contributed by atoms with van der Waals surface area (Å²) in [4.78, 5) is 22.3. The number of nitrogens with zero attached hydrogens (tertiary/aromatic N) is 1.